The Labute approximate surface area is 304 Å². The lowest BCUT2D eigenvalue weighted by Gasteiger charge is -2.26. The minimum Gasteiger partial charge on any atom is -0.497 e. The van der Waals surface area contributed by atoms with Gasteiger partial charge in [-0.15, -0.1) is 0 Å². The van der Waals surface area contributed by atoms with Gasteiger partial charge in [-0.05, 0) is 152 Å². The third-order valence-corrected chi connectivity index (χ3v) is 9.43. The van der Waals surface area contributed by atoms with Gasteiger partial charge in [0.1, 0.15) is 23.0 Å². The monoisotopic (exact) mass is 687 g/mol. The maximum Gasteiger partial charge on any atom is 0.119 e. The molecule has 6 aromatic carbocycles. The Hall–Kier alpha value is -6.47. The van der Waals surface area contributed by atoms with Crippen LogP contribution in [0.5, 0.6) is 23.0 Å². The first-order valence-corrected chi connectivity index (χ1v) is 17.1. The average Bonchev–Trinajstić information content (AvgIpc) is 3.50. The Bertz CT molecular complexity index is 2190. The van der Waals surface area contributed by atoms with Crippen LogP contribution in [0.15, 0.2) is 139 Å². The minimum absolute atomic E-state index is 0.801. The van der Waals surface area contributed by atoms with E-state index in [-0.39, 0.29) is 0 Å². The fourth-order valence-corrected chi connectivity index (χ4v) is 6.46. The van der Waals surface area contributed by atoms with Gasteiger partial charge in [-0.25, -0.2) is 4.68 Å². The first-order valence-electron chi connectivity index (χ1n) is 17.1. The SMILES string of the molecule is COc1ccc(-c2c3cc(C)c(C)cc3c(-c3ccc(OC)cc3)n2N=Cc2ccc(N(c3ccc(OC)cc3)c3ccc(OC)cc3)cc2)cc1. The van der Waals surface area contributed by atoms with E-state index in [0.29, 0.717) is 0 Å². The van der Waals surface area contributed by atoms with Gasteiger partial charge in [0.25, 0.3) is 0 Å². The van der Waals surface area contributed by atoms with Gasteiger partial charge in [0, 0.05) is 39.0 Å². The molecule has 0 unspecified atom stereocenters. The number of aromatic nitrogens is 1. The van der Waals surface area contributed by atoms with Crippen molar-refractivity contribution in [2.45, 2.75) is 13.8 Å². The van der Waals surface area contributed by atoms with Crippen LogP contribution >= 0.6 is 0 Å². The van der Waals surface area contributed by atoms with Crippen LogP contribution in [-0.2, 0) is 0 Å². The molecule has 7 nitrogen and oxygen atoms in total. The van der Waals surface area contributed by atoms with Crippen molar-refractivity contribution in [2.75, 3.05) is 33.3 Å². The van der Waals surface area contributed by atoms with Crippen LogP contribution in [0.25, 0.3) is 33.3 Å². The summed E-state index contributed by atoms with van der Waals surface area (Å²) in [6, 6.07) is 45.4. The predicted octanol–water partition coefficient (Wildman–Crippen LogP) is 11.0. The van der Waals surface area contributed by atoms with Gasteiger partial charge in [-0.1, -0.05) is 12.1 Å². The van der Waals surface area contributed by atoms with Crippen LogP contribution in [0.4, 0.5) is 17.1 Å². The van der Waals surface area contributed by atoms with Crippen molar-refractivity contribution in [2.24, 2.45) is 5.10 Å². The van der Waals surface area contributed by atoms with Crippen molar-refractivity contribution in [1.82, 2.24) is 4.68 Å². The zero-order chi connectivity index (χ0) is 36.2. The summed E-state index contributed by atoms with van der Waals surface area (Å²) >= 11 is 0. The van der Waals surface area contributed by atoms with Crippen molar-refractivity contribution in [3.63, 3.8) is 0 Å². The zero-order valence-electron chi connectivity index (χ0n) is 30.3. The number of rotatable bonds is 11. The third kappa shape index (κ3) is 6.68. The van der Waals surface area contributed by atoms with E-state index >= 15 is 0 Å². The topological polar surface area (TPSA) is 57.5 Å². The van der Waals surface area contributed by atoms with E-state index in [4.69, 9.17) is 24.0 Å². The fraction of sp³-hybridized carbons (Fsp3) is 0.133. The Morgan fingerprint density at radius 2 is 0.788 bits per heavy atom. The van der Waals surface area contributed by atoms with E-state index in [0.717, 1.165) is 78.9 Å². The number of hydrogen-bond donors (Lipinski definition) is 0. The maximum absolute atomic E-state index is 5.50. The van der Waals surface area contributed by atoms with E-state index in [1.165, 1.54) is 11.1 Å². The van der Waals surface area contributed by atoms with Crippen LogP contribution in [-0.4, -0.2) is 39.3 Å². The Morgan fingerprint density at radius 1 is 0.462 bits per heavy atom. The molecule has 0 aliphatic heterocycles. The maximum atomic E-state index is 5.50. The number of fused-ring (bicyclic) bond motifs is 1. The van der Waals surface area contributed by atoms with Gasteiger partial charge in [-0.3, -0.25) is 0 Å². The normalized spacial score (nSPS) is 11.2. The summed E-state index contributed by atoms with van der Waals surface area (Å²) in [6.07, 6.45) is 1.92. The fourth-order valence-electron chi connectivity index (χ4n) is 6.46. The lowest BCUT2D eigenvalue weighted by atomic mass is 9.99. The molecule has 0 atom stereocenters. The van der Waals surface area contributed by atoms with Crippen molar-refractivity contribution in [1.29, 1.82) is 0 Å². The summed E-state index contributed by atoms with van der Waals surface area (Å²) in [5.74, 6) is 3.21. The molecule has 0 saturated carbocycles. The second-order valence-electron chi connectivity index (χ2n) is 12.5. The van der Waals surface area contributed by atoms with Crippen LogP contribution in [0.1, 0.15) is 16.7 Å². The summed E-state index contributed by atoms with van der Waals surface area (Å²) < 4.78 is 23.9. The number of ether oxygens (including phenoxy) is 4. The highest BCUT2D eigenvalue weighted by atomic mass is 16.5. The molecule has 7 heteroatoms. The molecule has 0 aliphatic carbocycles. The van der Waals surface area contributed by atoms with E-state index in [2.05, 4.69) is 108 Å². The molecule has 0 amide bonds. The molecule has 0 N–H and O–H groups in total. The molecule has 260 valence electrons. The first kappa shape index (κ1) is 34.0. The summed E-state index contributed by atoms with van der Waals surface area (Å²) in [5.41, 5.74) is 10.5. The van der Waals surface area contributed by atoms with Gasteiger partial charge < -0.3 is 23.8 Å². The van der Waals surface area contributed by atoms with E-state index < -0.39 is 0 Å². The number of hydrogen-bond acceptors (Lipinski definition) is 6. The minimum atomic E-state index is 0.801. The summed E-state index contributed by atoms with van der Waals surface area (Å²) in [7, 11) is 6.72. The summed E-state index contributed by atoms with van der Waals surface area (Å²) in [4.78, 5) is 2.20. The quantitative estimate of drug-likeness (QED) is 0.127. The molecule has 1 aromatic heterocycles. The van der Waals surface area contributed by atoms with Gasteiger partial charge >= 0.3 is 0 Å². The zero-order valence-corrected chi connectivity index (χ0v) is 30.3. The number of aryl methyl sites for hydroxylation is 2. The second kappa shape index (κ2) is 14.8. The Balaban J connectivity index is 1.35. The summed E-state index contributed by atoms with van der Waals surface area (Å²) in [6.45, 7) is 4.31. The molecule has 7 rings (SSSR count). The van der Waals surface area contributed by atoms with Gasteiger partial charge in [0.05, 0.1) is 46.0 Å². The standard InChI is InChI=1S/C45H41N3O4/c1-30-27-42-43(28-31(30)2)45(34-11-21-39(50-4)22-12-34)48(44(42)33-9-19-38(49-3)20-10-33)46-29-32-7-13-35(14-8-32)47(36-15-23-40(51-5)24-16-36)37-17-25-41(52-6)26-18-37/h7-29H,1-6H3. The van der Waals surface area contributed by atoms with E-state index in [1.807, 2.05) is 54.7 Å². The number of anilines is 3. The molecular weight excluding hydrogens is 647 g/mol. The molecule has 0 fully saturated rings. The lowest BCUT2D eigenvalue weighted by molar-refractivity contribution is 0.414. The molecule has 0 saturated heterocycles. The highest BCUT2D eigenvalue weighted by Crippen LogP contribution is 2.42. The first-order chi connectivity index (χ1) is 25.4. The largest absolute Gasteiger partial charge is 0.497 e. The predicted molar refractivity (Wildman–Crippen MR) is 213 cm³/mol. The van der Waals surface area contributed by atoms with E-state index in [1.54, 1.807) is 28.4 Å². The van der Waals surface area contributed by atoms with Gasteiger partial charge in [0.2, 0.25) is 0 Å². The average molecular weight is 688 g/mol. The Kier molecular flexibility index (Phi) is 9.67. The highest BCUT2D eigenvalue weighted by molar-refractivity contribution is 6.06. The van der Waals surface area contributed by atoms with E-state index in [9.17, 15) is 0 Å². The number of benzene rings is 6. The van der Waals surface area contributed by atoms with Crippen molar-refractivity contribution in [3.05, 3.63) is 150 Å². The molecule has 1 heterocycles. The van der Waals surface area contributed by atoms with Crippen molar-refractivity contribution < 1.29 is 18.9 Å². The second-order valence-corrected chi connectivity index (χ2v) is 12.5. The molecule has 52 heavy (non-hydrogen) atoms. The van der Waals surface area contributed by atoms with Crippen molar-refractivity contribution in [3.8, 4) is 45.5 Å². The molecular formula is C45H41N3O4. The van der Waals surface area contributed by atoms with Crippen LogP contribution in [0.2, 0.25) is 0 Å². The third-order valence-electron chi connectivity index (χ3n) is 9.43. The summed E-state index contributed by atoms with van der Waals surface area (Å²) in [5, 5.41) is 7.48. The molecule has 0 aliphatic rings. The van der Waals surface area contributed by atoms with Gasteiger partial charge in [-0.2, -0.15) is 5.10 Å². The number of methoxy groups -OCH3 is 4. The highest BCUT2D eigenvalue weighted by Gasteiger charge is 2.21. The smallest absolute Gasteiger partial charge is 0.119 e. The van der Waals surface area contributed by atoms with Crippen LogP contribution < -0.4 is 23.8 Å². The molecule has 0 bridgehead atoms. The Morgan fingerprint density at radius 3 is 1.13 bits per heavy atom. The number of nitrogens with zero attached hydrogens (tertiary/aromatic N) is 3. The van der Waals surface area contributed by atoms with Crippen molar-refractivity contribution >= 4 is 34.0 Å². The lowest BCUT2D eigenvalue weighted by Crippen LogP contribution is -2.10. The van der Waals surface area contributed by atoms with Crippen LogP contribution in [0.3, 0.4) is 0 Å². The molecule has 0 spiro atoms. The molecule has 7 aromatic rings. The van der Waals surface area contributed by atoms with Crippen LogP contribution in [0, 0.1) is 13.8 Å². The van der Waals surface area contributed by atoms with Gasteiger partial charge in [0.15, 0.2) is 0 Å². The molecule has 0 radical (unpaired) electrons.